The van der Waals surface area contributed by atoms with Gasteiger partial charge in [0.2, 0.25) is 0 Å². The van der Waals surface area contributed by atoms with Crippen LogP contribution in [0.4, 0.5) is 5.69 Å². The molecule has 128 valence electrons. The van der Waals surface area contributed by atoms with Crippen molar-refractivity contribution in [2.45, 2.75) is 78.9 Å². The number of rotatable bonds is 0. The summed E-state index contributed by atoms with van der Waals surface area (Å²) in [5.74, 6) is 0. The largest absolute Gasteiger partial charge is 0.355 e. The molecule has 2 atom stereocenters. The summed E-state index contributed by atoms with van der Waals surface area (Å²) in [5.41, 5.74) is 7.63. The van der Waals surface area contributed by atoms with Gasteiger partial charge in [0.1, 0.15) is 5.66 Å². The summed E-state index contributed by atoms with van der Waals surface area (Å²) in [6.07, 6.45) is 0. The number of hydrogen-bond acceptors (Lipinski definition) is 2. The molecule has 0 radical (unpaired) electrons. The van der Waals surface area contributed by atoms with E-state index in [1.54, 1.807) is 5.56 Å². The van der Waals surface area contributed by atoms with E-state index in [1.165, 1.54) is 22.4 Å². The molecule has 0 saturated carbocycles. The fourth-order valence-electron chi connectivity index (χ4n) is 5.95. The van der Waals surface area contributed by atoms with Crippen LogP contribution in [-0.2, 0) is 5.41 Å². The average Bonchev–Trinajstić information content (AvgIpc) is 2.68. The van der Waals surface area contributed by atoms with Crippen LogP contribution in [-0.4, -0.2) is 30.2 Å². The van der Waals surface area contributed by atoms with Gasteiger partial charge in [-0.2, -0.15) is 0 Å². The van der Waals surface area contributed by atoms with Gasteiger partial charge in [-0.25, -0.2) is 0 Å². The van der Waals surface area contributed by atoms with Gasteiger partial charge in [0.15, 0.2) is 0 Å². The molecule has 0 amide bonds. The standard InChI is InChI=1S/C21H34N2/c1-13-12-14(2)16-17(15(13)3)22(10)21(9)20(16,8)18(4,5)19(6,7)23(21)11/h12H,1-11H3. The highest BCUT2D eigenvalue weighted by Crippen LogP contribution is 2.70. The van der Waals surface area contributed by atoms with E-state index in [4.69, 9.17) is 0 Å². The van der Waals surface area contributed by atoms with E-state index in [1.807, 2.05) is 0 Å². The van der Waals surface area contributed by atoms with Gasteiger partial charge in [0.05, 0.1) is 0 Å². The molecule has 0 aromatic heterocycles. The first-order valence-corrected chi connectivity index (χ1v) is 8.87. The van der Waals surface area contributed by atoms with Gasteiger partial charge in [0, 0.05) is 23.7 Å². The van der Waals surface area contributed by atoms with Gasteiger partial charge in [-0.05, 0) is 76.3 Å². The lowest BCUT2D eigenvalue weighted by Crippen LogP contribution is -2.60. The lowest BCUT2D eigenvalue weighted by molar-refractivity contribution is 0.0685. The van der Waals surface area contributed by atoms with Crippen molar-refractivity contribution in [3.8, 4) is 0 Å². The minimum absolute atomic E-state index is 0.0222. The minimum atomic E-state index is -0.0222. The van der Waals surface area contributed by atoms with E-state index < -0.39 is 0 Å². The molecule has 1 fully saturated rings. The van der Waals surface area contributed by atoms with Crippen molar-refractivity contribution in [2.75, 3.05) is 19.0 Å². The molecule has 0 bridgehead atoms. The van der Waals surface area contributed by atoms with Gasteiger partial charge in [0.25, 0.3) is 0 Å². The van der Waals surface area contributed by atoms with Crippen LogP contribution in [0.25, 0.3) is 0 Å². The average molecular weight is 315 g/mol. The predicted octanol–water partition coefficient (Wildman–Crippen LogP) is 4.79. The molecule has 0 aliphatic carbocycles. The molecule has 2 nitrogen and oxygen atoms in total. The molecule has 0 spiro atoms. The number of aryl methyl sites for hydroxylation is 2. The Morgan fingerprint density at radius 3 is 1.87 bits per heavy atom. The van der Waals surface area contributed by atoms with Crippen LogP contribution in [0.2, 0.25) is 0 Å². The Morgan fingerprint density at radius 2 is 1.35 bits per heavy atom. The molecule has 0 N–H and O–H groups in total. The Bertz CT molecular complexity index is 700. The van der Waals surface area contributed by atoms with Gasteiger partial charge >= 0.3 is 0 Å². The molecule has 1 aromatic rings. The highest BCUT2D eigenvalue weighted by molar-refractivity contribution is 5.75. The number of likely N-dealkylation sites (tertiary alicyclic amines) is 1. The predicted molar refractivity (Wildman–Crippen MR) is 100 cm³/mol. The van der Waals surface area contributed by atoms with Gasteiger partial charge < -0.3 is 4.90 Å². The van der Waals surface area contributed by atoms with Crippen LogP contribution in [0.5, 0.6) is 0 Å². The summed E-state index contributed by atoms with van der Waals surface area (Å²) in [7, 11) is 4.61. The zero-order chi connectivity index (χ0) is 17.7. The molecule has 2 heterocycles. The summed E-state index contributed by atoms with van der Waals surface area (Å²) >= 11 is 0. The van der Waals surface area contributed by atoms with Crippen LogP contribution in [0.3, 0.4) is 0 Å². The maximum absolute atomic E-state index is 2.62. The monoisotopic (exact) mass is 314 g/mol. The van der Waals surface area contributed by atoms with Crippen LogP contribution < -0.4 is 4.90 Å². The second kappa shape index (κ2) is 4.14. The Labute approximate surface area is 142 Å². The summed E-state index contributed by atoms with van der Waals surface area (Å²) in [5, 5.41) is 0. The second-order valence-corrected chi connectivity index (χ2v) is 9.31. The quantitative estimate of drug-likeness (QED) is 0.679. The molecule has 23 heavy (non-hydrogen) atoms. The number of likely N-dealkylation sites (N-methyl/N-ethyl adjacent to an activating group) is 2. The third-order valence-corrected chi connectivity index (χ3v) is 8.72. The second-order valence-electron chi connectivity index (χ2n) is 9.31. The third-order valence-electron chi connectivity index (χ3n) is 8.72. The highest BCUT2D eigenvalue weighted by Gasteiger charge is 2.75. The molecular formula is C21H34N2. The first-order valence-electron chi connectivity index (χ1n) is 8.87. The van der Waals surface area contributed by atoms with Gasteiger partial charge in [-0.1, -0.05) is 26.8 Å². The molecule has 2 aliphatic rings. The Kier molecular flexibility index (Phi) is 3.03. The Balaban J connectivity index is 2.49. The molecule has 1 saturated heterocycles. The molecule has 2 heteroatoms. The fraction of sp³-hybridized carbons (Fsp3) is 0.714. The maximum Gasteiger partial charge on any atom is 0.101 e. The summed E-state index contributed by atoms with van der Waals surface area (Å²) < 4.78 is 0. The van der Waals surface area contributed by atoms with E-state index in [0.717, 1.165) is 0 Å². The summed E-state index contributed by atoms with van der Waals surface area (Å²) in [6, 6.07) is 2.39. The van der Waals surface area contributed by atoms with Crippen molar-refractivity contribution in [1.82, 2.24) is 4.90 Å². The molecule has 3 rings (SSSR count). The lowest BCUT2D eigenvalue weighted by Gasteiger charge is -2.47. The lowest BCUT2D eigenvalue weighted by atomic mass is 9.55. The van der Waals surface area contributed by atoms with Crippen LogP contribution in [0.1, 0.15) is 63.8 Å². The highest BCUT2D eigenvalue weighted by atomic mass is 15.5. The fourth-order valence-corrected chi connectivity index (χ4v) is 5.95. The topological polar surface area (TPSA) is 6.48 Å². The van der Waals surface area contributed by atoms with Crippen molar-refractivity contribution >= 4 is 5.69 Å². The van der Waals surface area contributed by atoms with Gasteiger partial charge in [-0.3, -0.25) is 4.90 Å². The van der Waals surface area contributed by atoms with Crippen molar-refractivity contribution in [3.63, 3.8) is 0 Å². The first kappa shape index (κ1) is 16.8. The summed E-state index contributed by atoms with van der Waals surface area (Å²) in [4.78, 5) is 5.18. The molecule has 2 unspecified atom stereocenters. The molecule has 1 aromatic carbocycles. The van der Waals surface area contributed by atoms with Crippen LogP contribution in [0.15, 0.2) is 6.07 Å². The van der Waals surface area contributed by atoms with Crippen molar-refractivity contribution in [2.24, 2.45) is 5.41 Å². The third kappa shape index (κ3) is 1.38. The first-order chi connectivity index (χ1) is 10.3. The number of nitrogens with zero attached hydrogens (tertiary/aromatic N) is 2. The number of benzene rings is 1. The summed E-state index contributed by atoms with van der Waals surface area (Å²) in [6.45, 7) is 21.5. The number of fused-ring (bicyclic) bond motifs is 3. The zero-order valence-electron chi connectivity index (χ0n) is 17.0. The van der Waals surface area contributed by atoms with Crippen molar-refractivity contribution < 1.29 is 0 Å². The molecular weight excluding hydrogens is 280 g/mol. The Hall–Kier alpha value is -1.02. The van der Waals surface area contributed by atoms with Crippen LogP contribution in [0, 0.1) is 26.2 Å². The van der Waals surface area contributed by atoms with Crippen LogP contribution >= 0.6 is 0 Å². The molecule has 2 aliphatic heterocycles. The minimum Gasteiger partial charge on any atom is -0.355 e. The van der Waals surface area contributed by atoms with E-state index >= 15 is 0 Å². The van der Waals surface area contributed by atoms with Crippen molar-refractivity contribution in [1.29, 1.82) is 0 Å². The smallest absolute Gasteiger partial charge is 0.101 e. The van der Waals surface area contributed by atoms with Gasteiger partial charge in [-0.15, -0.1) is 0 Å². The number of anilines is 1. The van der Waals surface area contributed by atoms with E-state index in [0.29, 0.717) is 0 Å². The normalized spacial score (nSPS) is 34.7. The van der Waals surface area contributed by atoms with E-state index in [2.05, 4.69) is 92.3 Å². The SMILES string of the molecule is Cc1cc(C)c2c(c1C)N(C)C1(C)N(C)C(C)(C)C(C)(C)C21C. The zero-order valence-corrected chi connectivity index (χ0v) is 17.0. The van der Waals surface area contributed by atoms with Crippen molar-refractivity contribution in [3.05, 3.63) is 28.3 Å². The maximum atomic E-state index is 2.62. The number of hydrogen-bond donors (Lipinski definition) is 0. The van der Waals surface area contributed by atoms with E-state index in [9.17, 15) is 0 Å². The van der Waals surface area contributed by atoms with E-state index in [-0.39, 0.29) is 22.0 Å². The Morgan fingerprint density at radius 1 is 0.826 bits per heavy atom.